The smallest absolute Gasteiger partial charge is 0.320 e. The van der Waals surface area contributed by atoms with Gasteiger partial charge in [0.05, 0.1) is 23.8 Å². The van der Waals surface area contributed by atoms with Gasteiger partial charge in [0.1, 0.15) is 42.2 Å². The Kier molecular flexibility index (Phi) is 10.6. The molecule has 2 aromatic carbocycles. The predicted molar refractivity (Wildman–Crippen MR) is 188 cm³/mol. The predicted octanol–water partition coefficient (Wildman–Crippen LogP) is 6.14. The highest BCUT2D eigenvalue weighted by Gasteiger charge is 2.55. The average molecular weight is 697 g/mol. The number of nitrogens with zero attached hydrogens (tertiary/aromatic N) is 4. The summed E-state index contributed by atoms with van der Waals surface area (Å²) in [6.07, 6.45) is 10.4. The topological polar surface area (TPSA) is 125 Å². The van der Waals surface area contributed by atoms with Crippen LogP contribution in [0.15, 0.2) is 79.2 Å². The SMILES string of the molecule is CC1(C)C(c2ccccc2)=CC=CC1(COc1cc(OCc2cncc(C#N)c2)c(CN2CCC[C@H]2C(=O)O)cc1Cl)C(=O)N1CCOCC1. The molecule has 10 nitrogen and oxygen atoms in total. The van der Waals surface area contributed by atoms with Crippen LogP contribution in [0.1, 0.15) is 48.9 Å². The van der Waals surface area contributed by atoms with Crippen molar-refractivity contribution < 1.29 is 28.9 Å². The Hall–Kier alpha value is -4.69. The number of carboxylic acid groups (broad SMARTS) is 1. The summed E-state index contributed by atoms with van der Waals surface area (Å²) in [5.74, 6) is -0.122. The van der Waals surface area contributed by atoms with Crippen LogP contribution < -0.4 is 9.47 Å². The molecule has 2 fully saturated rings. The zero-order valence-electron chi connectivity index (χ0n) is 28.3. The summed E-state index contributed by atoms with van der Waals surface area (Å²) in [7, 11) is 0. The molecule has 3 aromatic rings. The Balaban J connectivity index is 1.34. The van der Waals surface area contributed by atoms with Crippen LogP contribution in [-0.2, 0) is 27.5 Å². The minimum absolute atomic E-state index is 0.00326. The number of carbonyl (C=O) groups is 2. The maximum atomic E-state index is 14.7. The van der Waals surface area contributed by atoms with Gasteiger partial charge in [0, 0.05) is 54.6 Å². The summed E-state index contributed by atoms with van der Waals surface area (Å²) in [4.78, 5) is 34.5. The van der Waals surface area contributed by atoms with E-state index in [9.17, 15) is 20.0 Å². The standard InChI is InChI=1S/C39H41ClN4O6/c1-38(2)31(29-8-4-3-5-9-29)10-6-12-39(38,37(47)43-14-16-48-17-15-43)26-50-35-20-34(49-25-28-18-27(21-41)22-42-23-28)30(19-32(35)40)24-44-13-7-11-33(44)36(45)46/h3-6,8-10,12,18-20,22-23,33H,7,11,13-17,24-26H2,1-2H3,(H,45,46)/t33-,39?/m0/s1. The van der Waals surface area contributed by atoms with E-state index in [1.165, 1.54) is 6.20 Å². The van der Waals surface area contributed by atoms with E-state index in [0.717, 1.165) is 17.6 Å². The van der Waals surface area contributed by atoms with Crippen LogP contribution in [0.2, 0.25) is 5.02 Å². The van der Waals surface area contributed by atoms with Gasteiger partial charge in [-0.15, -0.1) is 0 Å². The molecular formula is C39H41ClN4O6. The molecule has 1 amide bonds. The highest BCUT2D eigenvalue weighted by molar-refractivity contribution is 6.32. The lowest BCUT2D eigenvalue weighted by Crippen LogP contribution is -2.57. The van der Waals surface area contributed by atoms with Crippen molar-refractivity contribution in [3.8, 4) is 17.6 Å². The van der Waals surface area contributed by atoms with Crippen LogP contribution in [0.3, 0.4) is 0 Å². The van der Waals surface area contributed by atoms with Crippen molar-refractivity contribution in [1.29, 1.82) is 5.26 Å². The van der Waals surface area contributed by atoms with Crippen molar-refractivity contribution >= 4 is 29.1 Å². The van der Waals surface area contributed by atoms with Gasteiger partial charge in [-0.2, -0.15) is 5.26 Å². The lowest BCUT2D eigenvalue weighted by atomic mass is 9.58. The number of aromatic nitrogens is 1. The Labute approximate surface area is 297 Å². The van der Waals surface area contributed by atoms with Crippen LogP contribution in [0.4, 0.5) is 0 Å². The fourth-order valence-electron chi connectivity index (χ4n) is 7.16. The molecule has 2 atom stereocenters. The largest absolute Gasteiger partial charge is 0.490 e. The van der Waals surface area contributed by atoms with E-state index in [1.54, 1.807) is 24.4 Å². The molecule has 0 bridgehead atoms. The number of benzene rings is 2. The summed E-state index contributed by atoms with van der Waals surface area (Å²) >= 11 is 6.93. The first kappa shape index (κ1) is 35.1. The number of hydrogen-bond donors (Lipinski definition) is 1. The first-order chi connectivity index (χ1) is 24.1. The molecule has 1 unspecified atom stereocenters. The molecule has 1 aliphatic carbocycles. The van der Waals surface area contributed by atoms with Gasteiger partial charge in [0.25, 0.3) is 0 Å². The molecule has 1 aromatic heterocycles. The number of pyridine rings is 1. The maximum absolute atomic E-state index is 14.7. The van der Waals surface area contributed by atoms with E-state index in [4.69, 9.17) is 25.8 Å². The second-order valence-corrected chi connectivity index (χ2v) is 13.8. The van der Waals surface area contributed by atoms with Gasteiger partial charge in [0.15, 0.2) is 0 Å². The molecule has 3 aliphatic rings. The molecule has 3 heterocycles. The number of nitriles is 1. The number of allylic oxidation sites excluding steroid dienone is 3. The Bertz CT molecular complexity index is 1830. The number of amides is 1. The number of likely N-dealkylation sites (tertiary alicyclic amines) is 1. The third-order valence-electron chi connectivity index (χ3n) is 10.1. The molecule has 260 valence electrons. The van der Waals surface area contributed by atoms with Gasteiger partial charge in [-0.1, -0.05) is 74.0 Å². The van der Waals surface area contributed by atoms with Gasteiger partial charge in [-0.05, 0) is 42.7 Å². The number of aliphatic carboxylic acids is 1. The molecule has 1 N–H and O–H groups in total. The molecule has 0 saturated carbocycles. The third kappa shape index (κ3) is 7.13. The van der Waals surface area contributed by atoms with Crippen molar-refractivity contribution in [3.05, 3.63) is 106 Å². The number of carboxylic acids is 1. The summed E-state index contributed by atoms with van der Waals surface area (Å²) in [5.41, 5.74) is 2.06. The van der Waals surface area contributed by atoms with Crippen molar-refractivity contribution in [2.75, 3.05) is 39.5 Å². The summed E-state index contributed by atoms with van der Waals surface area (Å²) < 4.78 is 18.5. The van der Waals surface area contributed by atoms with Crippen molar-refractivity contribution in [3.63, 3.8) is 0 Å². The maximum Gasteiger partial charge on any atom is 0.320 e. The zero-order valence-corrected chi connectivity index (χ0v) is 29.1. The van der Waals surface area contributed by atoms with Crippen molar-refractivity contribution in [1.82, 2.24) is 14.8 Å². The monoisotopic (exact) mass is 696 g/mol. The Morgan fingerprint density at radius 2 is 1.86 bits per heavy atom. The van der Waals surface area contributed by atoms with Crippen molar-refractivity contribution in [2.45, 2.75) is 45.9 Å². The van der Waals surface area contributed by atoms with Gasteiger partial charge in [-0.25, -0.2) is 0 Å². The quantitative estimate of drug-likeness (QED) is 0.252. The third-order valence-corrected chi connectivity index (χ3v) is 10.4. The molecule has 6 rings (SSSR count). The van der Waals surface area contributed by atoms with Crippen LogP contribution in [-0.4, -0.2) is 77.3 Å². The number of hydrogen-bond acceptors (Lipinski definition) is 8. The van der Waals surface area contributed by atoms with Gasteiger partial charge >= 0.3 is 5.97 Å². The number of ether oxygens (including phenoxy) is 3. The first-order valence-electron chi connectivity index (χ1n) is 16.8. The van der Waals surface area contributed by atoms with E-state index in [0.29, 0.717) is 79.0 Å². The fourth-order valence-corrected chi connectivity index (χ4v) is 7.40. The van der Waals surface area contributed by atoms with E-state index in [-0.39, 0.29) is 19.1 Å². The van der Waals surface area contributed by atoms with Crippen LogP contribution in [0.25, 0.3) is 5.57 Å². The summed E-state index contributed by atoms with van der Waals surface area (Å²) in [5, 5.41) is 19.5. The van der Waals surface area contributed by atoms with Gasteiger partial charge in [0.2, 0.25) is 5.91 Å². The van der Waals surface area contributed by atoms with E-state index in [1.807, 2.05) is 52.3 Å². The first-order valence-corrected chi connectivity index (χ1v) is 17.2. The minimum atomic E-state index is -1.10. The number of halogens is 1. The fraction of sp³-hybridized carbons (Fsp3) is 0.385. The molecular weight excluding hydrogens is 656 g/mol. The second kappa shape index (κ2) is 15.1. The highest BCUT2D eigenvalue weighted by atomic mass is 35.5. The van der Waals surface area contributed by atoms with Crippen LogP contribution in [0, 0.1) is 22.2 Å². The average Bonchev–Trinajstić information content (AvgIpc) is 3.60. The molecule has 2 saturated heterocycles. The minimum Gasteiger partial charge on any atom is -0.490 e. The second-order valence-electron chi connectivity index (χ2n) is 13.4. The van der Waals surface area contributed by atoms with E-state index in [2.05, 4.69) is 31.0 Å². The molecule has 50 heavy (non-hydrogen) atoms. The van der Waals surface area contributed by atoms with Crippen molar-refractivity contribution in [2.24, 2.45) is 10.8 Å². The molecule has 0 spiro atoms. The zero-order chi connectivity index (χ0) is 35.3. The molecule has 11 heteroatoms. The van der Waals surface area contributed by atoms with Gasteiger partial charge < -0.3 is 24.2 Å². The number of morpholine rings is 1. The van der Waals surface area contributed by atoms with E-state index < -0.39 is 22.8 Å². The normalized spacial score (nSPS) is 21.7. The lowest BCUT2D eigenvalue weighted by molar-refractivity contribution is -0.150. The lowest BCUT2D eigenvalue weighted by Gasteiger charge is -2.49. The highest BCUT2D eigenvalue weighted by Crippen LogP contribution is 2.53. The number of rotatable bonds is 11. The Morgan fingerprint density at radius 3 is 2.60 bits per heavy atom. The molecule has 0 radical (unpaired) electrons. The molecule has 2 aliphatic heterocycles. The summed E-state index contributed by atoms with van der Waals surface area (Å²) in [6.45, 7) is 7.10. The van der Waals surface area contributed by atoms with Gasteiger partial charge in [-0.3, -0.25) is 19.5 Å². The van der Waals surface area contributed by atoms with Crippen LogP contribution >= 0.6 is 11.6 Å². The van der Waals surface area contributed by atoms with Crippen LogP contribution in [0.5, 0.6) is 11.5 Å². The van der Waals surface area contributed by atoms with E-state index >= 15 is 0 Å². The summed E-state index contributed by atoms with van der Waals surface area (Å²) in [6, 6.07) is 16.7. The Morgan fingerprint density at radius 1 is 1.08 bits per heavy atom. The number of carbonyl (C=O) groups excluding carboxylic acids is 1.